The predicted octanol–water partition coefficient (Wildman–Crippen LogP) is 3.42. The second-order valence-electron chi connectivity index (χ2n) is 6.56. The molecule has 1 atom stereocenters. The van der Waals surface area contributed by atoms with Gasteiger partial charge in [-0.25, -0.2) is 0 Å². The summed E-state index contributed by atoms with van der Waals surface area (Å²) < 4.78 is 5.19. The number of pyridine rings is 1. The predicted molar refractivity (Wildman–Crippen MR) is 96.6 cm³/mol. The molecule has 2 aromatic heterocycles. The number of rotatable bonds is 4. The molecule has 0 radical (unpaired) electrons. The molecule has 2 heterocycles. The number of carbonyl (C=O) groups excluding carboxylic acids is 1. The van der Waals surface area contributed by atoms with Crippen LogP contribution in [0.5, 0.6) is 0 Å². The average molecular weight is 348 g/mol. The van der Waals surface area contributed by atoms with Crippen LogP contribution in [0.4, 0.5) is 0 Å². The number of aryl methyl sites for hydroxylation is 3. The molecule has 4 rings (SSSR count). The van der Waals surface area contributed by atoms with E-state index in [1.807, 2.05) is 32.0 Å². The minimum absolute atomic E-state index is 0.00567. The molecule has 1 N–H and O–H groups in total. The van der Waals surface area contributed by atoms with E-state index in [1.165, 1.54) is 5.56 Å². The lowest BCUT2D eigenvalue weighted by Gasteiger charge is -2.14. The number of amides is 1. The summed E-state index contributed by atoms with van der Waals surface area (Å²) in [6.45, 7) is 3.93. The smallest absolute Gasteiger partial charge is 0.270 e. The lowest BCUT2D eigenvalue weighted by atomic mass is 10.0. The number of fused-ring (bicyclic) bond motifs is 1. The van der Waals surface area contributed by atoms with Gasteiger partial charge in [-0.3, -0.25) is 9.78 Å². The van der Waals surface area contributed by atoms with Gasteiger partial charge in [0.1, 0.15) is 5.69 Å². The molecule has 0 saturated carbocycles. The van der Waals surface area contributed by atoms with E-state index in [1.54, 1.807) is 12.3 Å². The van der Waals surface area contributed by atoms with E-state index >= 15 is 0 Å². The largest absolute Gasteiger partial charge is 0.344 e. The molecule has 1 aromatic carbocycles. The van der Waals surface area contributed by atoms with Gasteiger partial charge in [-0.05, 0) is 48.6 Å². The summed E-state index contributed by atoms with van der Waals surface area (Å²) in [5.74, 6) is 1.11. The molecule has 1 aliphatic carbocycles. The van der Waals surface area contributed by atoms with Gasteiger partial charge in [0.25, 0.3) is 5.91 Å². The highest BCUT2D eigenvalue weighted by Gasteiger charge is 2.25. The summed E-state index contributed by atoms with van der Waals surface area (Å²) in [7, 11) is 0. The molecule has 3 aromatic rings. The van der Waals surface area contributed by atoms with Crippen LogP contribution in [0, 0.1) is 6.92 Å². The number of nitrogens with one attached hydrogen (secondary N) is 1. The third-order valence-electron chi connectivity index (χ3n) is 4.70. The van der Waals surface area contributed by atoms with E-state index in [9.17, 15) is 4.79 Å². The van der Waals surface area contributed by atoms with Crippen molar-refractivity contribution in [3.05, 3.63) is 64.8 Å². The Bertz CT molecular complexity index is 947. The van der Waals surface area contributed by atoms with Gasteiger partial charge in [0, 0.05) is 18.2 Å². The zero-order valence-electron chi connectivity index (χ0n) is 14.8. The van der Waals surface area contributed by atoms with Crippen LogP contribution >= 0.6 is 0 Å². The minimum Gasteiger partial charge on any atom is -0.344 e. The molecule has 1 amide bonds. The quantitative estimate of drug-likeness (QED) is 0.781. The van der Waals surface area contributed by atoms with Crippen LogP contribution in [0.3, 0.4) is 0 Å². The highest BCUT2D eigenvalue weighted by Crippen LogP contribution is 2.33. The van der Waals surface area contributed by atoms with Crippen molar-refractivity contribution in [1.82, 2.24) is 20.4 Å². The van der Waals surface area contributed by atoms with Gasteiger partial charge in [-0.2, -0.15) is 4.98 Å². The molecule has 0 fully saturated rings. The molecule has 0 spiro atoms. The van der Waals surface area contributed by atoms with Crippen molar-refractivity contribution < 1.29 is 9.32 Å². The normalized spacial score (nSPS) is 15.7. The van der Waals surface area contributed by atoms with Gasteiger partial charge in [0.2, 0.25) is 11.7 Å². The van der Waals surface area contributed by atoms with Crippen molar-refractivity contribution in [3.8, 4) is 11.4 Å². The van der Waals surface area contributed by atoms with Crippen molar-refractivity contribution in [3.63, 3.8) is 0 Å². The Morgan fingerprint density at radius 1 is 1.31 bits per heavy atom. The van der Waals surface area contributed by atoms with Crippen molar-refractivity contribution in [1.29, 1.82) is 0 Å². The molecule has 1 aliphatic rings. The Labute approximate surface area is 151 Å². The Hall–Kier alpha value is -3.02. The highest BCUT2D eigenvalue weighted by atomic mass is 16.5. The van der Waals surface area contributed by atoms with Gasteiger partial charge in [-0.15, -0.1) is 0 Å². The third-order valence-corrected chi connectivity index (χ3v) is 4.70. The molecule has 6 nitrogen and oxygen atoms in total. The summed E-state index contributed by atoms with van der Waals surface area (Å²) in [6.07, 6.45) is 4.22. The second kappa shape index (κ2) is 6.71. The van der Waals surface area contributed by atoms with Crippen molar-refractivity contribution in [2.45, 2.75) is 39.2 Å². The van der Waals surface area contributed by atoms with E-state index in [0.717, 1.165) is 36.0 Å². The van der Waals surface area contributed by atoms with Gasteiger partial charge in [-0.1, -0.05) is 30.3 Å². The molecule has 132 valence electrons. The summed E-state index contributed by atoms with van der Waals surface area (Å²) in [5, 5.41) is 7.12. The van der Waals surface area contributed by atoms with Crippen LogP contribution < -0.4 is 5.32 Å². The number of benzene rings is 1. The first-order chi connectivity index (χ1) is 12.6. The fourth-order valence-electron chi connectivity index (χ4n) is 3.26. The Morgan fingerprint density at radius 3 is 2.92 bits per heavy atom. The van der Waals surface area contributed by atoms with Crippen molar-refractivity contribution >= 4 is 5.91 Å². The third kappa shape index (κ3) is 3.10. The van der Waals surface area contributed by atoms with Crippen LogP contribution in [0.1, 0.15) is 52.5 Å². The number of hydrogen-bond donors (Lipinski definition) is 1. The van der Waals surface area contributed by atoms with E-state index in [2.05, 4.69) is 26.5 Å². The summed E-state index contributed by atoms with van der Waals surface area (Å²) in [6, 6.07) is 9.78. The molecule has 0 bridgehead atoms. The SMILES string of the molecule is CCc1nc(-c2ccc3c(c2)CC[C@H]3NC(=O)c2ccc(C)cn2)no1. The van der Waals surface area contributed by atoms with Gasteiger partial charge < -0.3 is 9.84 Å². The molecule has 26 heavy (non-hydrogen) atoms. The minimum atomic E-state index is -0.141. The summed E-state index contributed by atoms with van der Waals surface area (Å²) >= 11 is 0. The van der Waals surface area contributed by atoms with E-state index in [0.29, 0.717) is 17.4 Å². The van der Waals surface area contributed by atoms with E-state index < -0.39 is 0 Å². The maximum atomic E-state index is 12.4. The average Bonchev–Trinajstić information content (AvgIpc) is 3.29. The standard InChI is InChI=1S/C20H20N4O2/c1-3-18-23-19(24-26-18)14-5-7-15-13(10-14)6-9-16(15)22-20(25)17-8-4-12(2)11-21-17/h4-5,7-8,10-11,16H,3,6,9H2,1-2H3,(H,22,25)/t16-/m1/s1. The lowest BCUT2D eigenvalue weighted by Crippen LogP contribution is -2.27. The Balaban J connectivity index is 1.52. The fraction of sp³-hybridized carbons (Fsp3) is 0.300. The van der Waals surface area contributed by atoms with Gasteiger partial charge >= 0.3 is 0 Å². The zero-order chi connectivity index (χ0) is 18.1. The molecular formula is C20H20N4O2. The van der Waals surface area contributed by atoms with Crippen molar-refractivity contribution in [2.75, 3.05) is 0 Å². The molecule has 0 unspecified atom stereocenters. The van der Waals surface area contributed by atoms with Gasteiger partial charge in [0.05, 0.1) is 6.04 Å². The Kier molecular flexibility index (Phi) is 4.24. The Morgan fingerprint density at radius 2 is 2.19 bits per heavy atom. The van der Waals surface area contributed by atoms with Crippen LogP contribution in [0.25, 0.3) is 11.4 Å². The topological polar surface area (TPSA) is 80.9 Å². The molecule has 0 saturated heterocycles. The number of hydrogen-bond acceptors (Lipinski definition) is 5. The van der Waals surface area contributed by atoms with E-state index in [-0.39, 0.29) is 11.9 Å². The summed E-state index contributed by atoms with van der Waals surface area (Å²) in [5.41, 5.74) is 4.79. The van der Waals surface area contributed by atoms with Crippen LogP contribution in [0.15, 0.2) is 41.1 Å². The fourth-order valence-corrected chi connectivity index (χ4v) is 3.26. The maximum Gasteiger partial charge on any atom is 0.270 e. The second-order valence-corrected chi connectivity index (χ2v) is 6.56. The summed E-state index contributed by atoms with van der Waals surface area (Å²) in [4.78, 5) is 21.0. The molecule has 6 heteroatoms. The van der Waals surface area contributed by atoms with Crippen LogP contribution in [-0.2, 0) is 12.8 Å². The van der Waals surface area contributed by atoms with E-state index in [4.69, 9.17) is 4.52 Å². The van der Waals surface area contributed by atoms with Gasteiger partial charge in [0.15, 0.2) is 0 Å². The van der Waals surface area contributed by atoms with Crippen molar-refractivity contribution in [2.24, 2.45) is 0 Å². The first kappa shape index (κ1) is 16.4. The first-order valence-electron chi connectivity index (χ1n) is 8.83. The number of nitrogens with zero attached hydrogens (tertiary/aromatic N) is 3. The van der Waals surface area contributed by atoms with Crippen LogP contribution in [-0.4, -0.2) is 21.0 Å². The molecular weight excluding hydrogens is 328 g/mol. The highest BCUT2D eigenvalue weighted by molar-refractivity contribution is 5.92. The molecule has 0 aliphatic heterocycles. The maximum absolute atomic E-state index is 12.4. The first-order valence-corrected chi connectivity index (χ1v) is 8.83. The lowest BCUT2D eigenvalue weighted by molar-refractivity contribution is 0.0931. The number of carbonyl (C=O) groups is 1. The van der Waals surface area contributed by atoms with Crippen LogP contribution in [0.2, 0.25) is 0 Å². The zero-order valence-corrected chi connectivity index (χ0v) is 14.8. The number of aromatic nitrogens is 3. The monoisotopic (exact) mass is 348 g/mol.